The van der Waals surface area contributed by atoms with E-state index in [-0.39, 0.29) is 6.04 Å². The van der Waals surface area contributed by atoms with E-state index in [0.717, 1.165) is 28.8 Å². The fourth-order valence-corrected chi connectivity index (χ4v) is 2.90. The van der Waals surface area contributed by atoms with Gasteiger partial charge in [0.05, 0.1) is 6.04 Å². The summed E-state index contributed by atoms with van der Waals surface area (Å²) in [4.78, 5) is 0. The van der Waals surface area contributed by atoms with E-state index in [9.17, 15) is 0 Å². The predicted molar refractivity (Wildman–Crippen MR) is 107 cm³/mol. The third-order valence-corrected chi connectivity index (χ3v) is 4.48. The third-order valence-electron chi connectivity index (χ3n) is 3.98. The van der Waals surface area contributed by atoms with Gasteiger partial charge in [0.1, 0.15) is 0 Å². The van der Waals surface area contributed by atoms with E-state index in [1.54, 1.807) is 0 Å². The summed E-state index contributed by atoms with van der Waals surface area (Å²) in [6.45, 7) is 1.62. The van der Waals surface area contributed by atoms with E-state index < -0.39 is 0 Å². The lowest BCUT2D eigenvalue weighted by Crippen LogP contribution is -2.26. The first-order chi connectivity index (χ1) is 12.2. The van der Waals surface area contributed by atoms with Crippen LogP contribution in [0.1, 0.15) is 17.2 Å². The van der Waals surface area contributed by atoms with Crippen LogP contribution in [-0.2, 0) is 6.54 Å². The van der Waals surface area contributed by atoms with Gasteiger partial charge in [-0.1, -0.05) is 65.7 Å². The average Bonchev–Trinajstić information content (AvgIpc) is 2.64. The van der Waals surface area contributed by atoms with Gasteiger partial charge >= 0.3 is 0 Å². The van der Waals surface area contributed by atoms with E-state index in [2.05, 4.69) is 47.0 Å². The lowest BCUT2D eigenvalue weighted by atomic mass is 10.1. The Labute approximate surface area is 158 Å². The van der Waals surface area contributed by atoms with Crippen LogP contribution < -0.4 is 10.6 Å². The Kier molecular flexibility index (Phi) is 6.35. The van der Waals surface area contributed by atoms with Gasteiger partial charge in [-0.25, -0.2) is 0 Å². The molecule has 0 fully saturated rings. The van der Waals surface area contributed by atoms with E-state index in [0.29, 0.717) is 0 Å². The van der Waals surface area contributed by atoms with Gasteiger partial charge in [-0.15, -0.1) is 0 Å². The molecule has 4 heteroatoms. The van der Waals surface area contributed by atoms with Gasteiger partial charge in [0, 0.05) is 28.8 Å². The van der Waals surface area contributed by atoms with Gasteiger partial charge in [0.25, 0.3) is 0 Å². The van der Waals surface area contributed by atoms with Crippen molar-refractivity contribution < 1.29 is 0 Å². The minimum Gasteiger partial charge on any atom is -0.377 e. The number of benzene rings is 3. The SMILES string of the molecule is Clc1ccc(N[C@@H](CNCc2ccccc2)c2ccc(Cl)cc2)cc1. The Morgan fingerprint density at radius 3 is 1.96 bits per heavy atom. The van der Waals surface area contributed by atoms with Crippen molar-refractivity contribution in [2.75, 3.05) is 11.9 Å². The second-order valence-electron chi connectivity index (χ2n) is 5.87. The number of nitrogens with one attached hydrogen (secondary N) is 2. The summed E-state index contributed by atoms with van der Waals surface area (Å²) >= 11 is 12.0. The molecule has 0 radical (unpaired) electrons. The lowest BCUT2D eigenvalue weighted by Gasteiger charge is -2.21. The normalized spacial score (nSPS) is 11.9. The number of halogens is 2. The molecule has 0 aliphatic heterocycles. The number of hydrogen-bond donors (Lipinski definition) is 2. The minimum absolute atomic E-state index is 0.127. The molecule has 3 aromatic rings. The molecule has 25 heavy (non-hydrogen) atoms. The lowest BCUT2D eigenvalue weighted by molar-refractivity contribution is 0.623. The zero-order valence-electron chi connectivity index (χ0n) is 13.8. The summed E-state index contributed by atoms with van der Waals surface area (Å²) in [5.41, 5.74) is 3.48. The molecule has 0 saturated heterocycles. The van der Waals surface area contributed by atoms with E-state index in [4.69, 9.17) is 23.2 Å². The van der Waals surface area contributed by atoms with Crippen molar-refractivity contribution in [2.45, 2.75) is 12.6 Å². The smallest absolute Gasteiger partial charge is 0.0638 e. The largest absolute Gasteiger partial charge is 0.377 e. The molecule has 3 aromatic carbocycles. The molecule has 1 atom stereocenters. The van der Waals surface area contributed by atoms with Gasteiger partial charge in [0.2, 0.25) is 0 Å². The first-order valence-electron chi connectivity index (χ1n) is 8.23. The monoisotopic (exact) mass is 370 g/mol. The maximum Gasteiger partial charge on any atom is 0.0638 e. The zero-order chi connectivity index (χ0) is 17.5. The summed E-state index contributed by atoms with van der Waals surface area (Å²) in [7, 11) is 0. The Balaban J connectivity index is 1.69. The van der Waals surface area contributed by atoms with E-state index in [1.807, 2.05) is 42.5 Å². The molecule has 0 bridgehead atoms. The van der Waals surface area contributed by atoms with Crippen molar-refractivity contribution >= 4 is 28.9 Å². The highest BCUT2D eigenvalue weighted by Crippen LogP contribution is 2.22. The summed E-state index contributed by atoms with van der Waals surface area (Å²) in [6, 6.07) is 26.2. The molecule has 0 aliphatic rings. The highest BCUT2D eigenvalue weighted by Gasteiger charge is 2.11. The highest BCUT2D eigenvalue weighted by molar-refractivity contribution is 6.30. The maximum atomic E-state index is 6.03. The highest BCUT2D eigenvalue weighted by atomic mass is 35.5. The summed E-state index contributed by atoms with van der Waals surface area (Å²) in [6.07, 6.45) is 0. The van der Waals surface area contributed by atoms with Crippen molar-refractivity contribution in [2.24, 2.45) is 0 Å². The van der Waals surface area contributed by atoms with Crippen molar-refractivity contribution in [3.63, 3.8) is 0 Å². The van der Waals surface area contributed by atoms with Crippen molar-refractivity contribution in [1.82, 2.24) is 5.32 Å². The van der Waals surface area contributed by atoms with Crippen LogP contribution in [0.4, 0.5) is 5.69 Å². The molecule has 0 aliphatic carbocycles. The predicted octanol–water partition coefficient (Wildman–Crippen LogP) is 5.94. The fraction of sp³-hybridized carbons (Fsp3) is 0.143. The summed E-state index contributed by atoms with van der Waals surface area (Å²) < 4.78 is 0. The Hall–Kier alpha value is -2.00. The molecule has 3 rings (SSSR count). The van der Waals surface area contributed by atoms with Crippen molar-refractivity contribution in [3.05, 3.63) is 100 Å². The van der Waals surface area contributed by atoms with Crippen molar-refractivity contribution in [3.8, 4) is 0 Å². The molecule has 0 spiro atoms. The fourth-order valence-electron chi connectivity index (χ4n) is 2.65. The maximum absolute atomic E-state index is 6.03. The Bertz CT molecular complexity index is 771. The van der Waals surface area contributed by atoms with Gasteiger partial charge < -0.3 is 10.6 Å². The van der Waals surface area contributed by atoms with Crippen LogP contribution in [0.25, 0.3) is 0 Å². The second kappa shape index (κ2) is 8.91. The molecule has 0 unspecified atom stereocenters. The molecular weight excluding hydrogens is 351 g/mol. The van der Waals surface area contributed by atoms with Crippen LogP contribution in [0.15, 0.2) is 78.9 Å². The van der Waals surface area contributed by atoms with Crippen LogP contribution in [0.2, 0.25) is 10.0 Å². The summed E-state index contributed by atoms with van der Waals surface area (Å²) in [5, 5.41) is 8.56. The average molecular weight is 371 g/mol. The quantitative estimate of drug-likeness (QED) is 0.537. The van der Waals surface area contributed by atoms with Crippen LogP contribution in [0, 0.1) is 0 Å². The number of rotatable bonds is 7. The minimum atomic E-state index is 0.127. The third kappa shape index (κ3) is 5.50. The molecule has 2 nitrogen and oxygen atoms in total. The topological polar surface area (TPSA) is 24.1 Å². The van der Waals surface area contributed by atoms with E-state index in [1.165, 1.54) is 11.1 Å². The molecule has 0 aromatic heterocycles. The Morgan fingerprint density at radius 1 is 0.720 bits per heavy atom. The van der Waals surface area contributed by atoms with Crippen LogP contribution in [0.3, 0.4) is 0 Å². The molecule has 128 valence electrons. The molecule has 2 N–H and O–H groups in total. The van der Waals surface area contributed by atoms with E-state index >= 15 is 0 Å². The van der Waals surface area contributed by atoms with Crippen LogP contribution in [-0.4, -0.2) is 6.54 Å². The molecule has 0 saturated carbocycles. The van der Waals surface area contributed by atoms with Gasteiger partial charge in [0.15, 0.2) is 0 Å². The Morgan fingerprint density at radius 2 is 1.32 bits per heavy atom. The second-order valence-corrected chi connectivity index (χ2v) is 6.74. The molecule has 0 amide bonds. The van der Waals surface area contributed by atoms with Gasteiger partial charge in [-0.3, -0.25) is 0 Å². The number of anilines is 1. The van der Waals surface area contributed by atoms with Crippen molar-refractivity contribution in [1.29, 1.82) is 0 Å². The summed E-state index contributed by atoms with van der Waals surface area (Å²) in [5.74, 6) is 0. The number of hydrogen-bond acceptors (Lipinski definition) is 2. The van der Waals surface area contributed by atoms with Gasteiger partial charge in [-0.05, 0) is 47.5 Å². The first kappa shape index (κ1) is 17.8. The standard InChI is InChI=1S/C21H20Cl2N2/c22-18-8-6-17(7-9-18)21(25-20-12-10-19(23)11-13-20)15-24-14-16-4-2-1-3-5-16/h1-13,21,24-25H,14-15H2/t21-/m0/s1. The van der Waals surface area contributed by atoms with Crippen LogP contribution in [0.5, 0.6) is 0 Å². The van der Waals surface area contributed by atoms with Gasteiger partial charge in [-0.2, -0.15) is 0 Å². The molecule has 0 heterocycles. The van der Waals surface area contributed by atoms with Crippen LogP contribution >= 0.6 is 23.2 Å². The zero-order valence-corrected chi connectivity index (χ0v) is 15.3. The molecular formula is C21H20Cl2N2. The first-order valence-corrected chi connectivity index (χ1v) is 8.98.